The van der Waals surface area contributed by atoms with E-state index >= 15 is 0 Å². The van der Waals surface area contributed by atoms with Crippen molar-refractivity contribution in [3.63, 3.8) is 0 Å². The monoisotopic (exact) mass is 205 g/mol. The van der Waals surface area contributed by atoms with Gasteiger partial charge in [0.25, 0.3) is 0 Å². The molecule has 0 aliphatic rings. The fraction of sp³-hybridized carbons (Fsp3) is 0.462. The Balaban J connectivity index is 2.58. The van der Waals surface area contributed by atoms with Gasteiger partial charge < -0.3 is 5.32 Å². The first-order valence-corrected chi connectivity index (χ1v) is 5.44. The van der Waals surface area contributed by atoms with E-state index in [4.69, 9.17) is 0 Å². The normalized spacial score (nSPS) is 12.2. The van der Waals surface area contributed by atoms with Crippen molar-refractivity contribution >= 4 is 5.91 Å². The molecule has 0 spiro atoms. The summed E-state index contributed by atoms with van der Waals surface area (Å²) in [5, 5.41) is 2.95. The topological polar surface area (TPSA) is 29.1 Å². The number of hydrogen-bond donors (Lipinski definition) is 1. The zero-order valence-corrected chi connectivity index (χ0v) is 9.71. The predicted octanol–water partition coefficient (Wildman–Crippen LogP) is 2.45. The maximum atomic E-state index is 10.9. The first-order valence-electron chi connectivity index (χ1n) is 5.44. The average molecular weight is 205 g/mol. The quantitative estimate of drug-likeness (QED) is 0.803. The number of carbonyl (C=O) groups is 1. The summed E-state index contributed by atoms with van der Waals surface area (Å²) in [6.07, 6.45) is 1.88. The molecule has 2 heteroatoms. The summed E-state index contributed by atoms with van der Waals surface area (Å²) in [6, 6.07) is 8.72. The van der Waals surface area contributed by atoms with Gasteiger partial charge in [-0.05, 0) is 25.3 Å². The molecule has 15 heavy (non-hydrogen) atoms. The first kappa shape index (κ1) is 11.8. The fourth-order valence-electron chi connectivity index (χ4n) is 1.59. The van der Waals surface area contributed by atoms with Crippen molar-refractivity contribution in [1.82, 2.24) is 5.32 Å². The largest absolute Gasteiger partial charge is 0.353 e. The molecule has 0 unspecified atom stereocenters. The molecule has 1 atom stereocenters. The van der Waals surface area contributed by atoms with Gasteiger partial charge in [-0.1, -0.05) is 36.8 Å². The molecule has 1 aromatic carbocycles. The van der Waals surface area contributed by atoms with E-state index in [1.54, 1.807) is 6.92 Å². The minimum Gasteiger partial charge on any atom is -0.353 e. The van der Waals surface area contributed by atoms with Crippen LogP contribution in [0.2, 0.25) is 0 Å². The van der Waals surface area contributed by atoms with Crippen LogP contribution in [0.4, 0.5) is 0 Å². The van der Waals surface area contributed by atoms with Gasteiger partial charge in [0, 0.05) is 13.0 Å². The third-order valence-electron chi connectivity index (χ3n) is 2.50. The Morgan fingerprint density at radius 3 is 2.40 bits per heavy atom. The number of hydrogen-bond acceptors (Lipinski definition) is 1. The lowest BCUT2D eigenvalue weighted by atomic mass is 10.0. The molecular weight excluding hydrogens is 186 g/mol. The van der Waals surface area contributed by atoms with Gasteiger partial charge in [0.2, 0.25) is 5.91 Å². The summed E-state index contributed by atoms with van der Waals surface area (Å²) in [6.45, 7) is 5.74. The molecule has 1 aromatic rings. The van der Waals surface area contributed by atoms with Crippen molar-refractivity contribution < 1.29 is 4.79 Å². The Bertz CT molecular complexity index is 316. The number of benzene rings is 1. The molecular formula is C13H19NO. The van der Waals surface area contributed by atoms with Crippen LogP contribution in [-0.2, 0) is 11.2 Å². The minimum absolute atomic E-state index is 0.0500. The highest BCUT2D eigenvalue weighted by molar-refractivity contribution is 5.73. The van der Waals surface area contributed by atoms with E-state index in [0.717, 1.165) is 12.8 Å². The summed E-state index contributed by atoms with van der Waals surface area (Å²) in [7, 11) is 0. The lowest BCUT2D eigenvalue weighted by Crippen LogP contribution is -2.34. The predicted molar refractivity (Wildman–Crippen MR) is 62.8 cm³/mol. The lowest BCUT2D eigenvalue weighted by molar-refractivity contribution is -0.119. The van der Waals surface area contributed by atoms with E-state index in [0.29, 0.717) is 0 Å². The number of carbonyl (C=O) groups excluding carboxylic acids is 1. The summed E-state index contributed by atoms with van der Waals surface area (Å²) < 4.78 is 0. The van der Waals surface area contributed by atoms with Gasteiger partial charge in [0.05, 0.1) is 0 Å². The fourth-order valence-corrected chi connectivity index (χ4v) is 1.59. The van der Waals surface area contributed by atoms with E-state index in [1.807, 2.05) is 0 Å². The summed E-state index contributed by atoms with van der Waals surface area (Å²) >= 11 is 0. The molecule has 0 bridgehead atoms. The Morgan fingerprint density at radius 1 is 1.33 bits per heavy atom. The van der Waals surface area contributed by atoms with Gasteiger partial charge in [0.15, 0.2) is 0 Å². The van der Waals surface area contributed by atoms with Gasteiger partial charge in [0.1, 0.15) is 0 Å². The molecule has 2 nitrogen and oxygen atoms in total. The van der Waals surface area contributed by atoms with Crippen molar-refractivity contribution in [2.45, 2.75) is 39.7 Å². The van der Waals surface area contributed by atoms with Crippen LogP contribution in [0.3, 0.4) is 0 Å². The molecule has 1 amide bonds. The van der Waals surface area contributed by atoms with Crippen LogP contribution in [0.1, 0.15) is 31.4 Å². The van der Waals surface area contributed by atoms with E-state index in [-0.39, 0.29) is 11.9 Å². The van der Waals surface area contributed by atoms with Crippen LogP contribution in [0.15, 0.2) is 24.3 Å². The Morgan fingerprint density at radius 2 is 1.93 bits per heavy atom. The van der Waals surface area contributed by atoms with E-state index in [2.05, 4.69) is 43.4 Å². The smallest absolute Gasteiger partial charge is 0.217 e. The highest BCUT2D eigenvalue weighted by Crippen LogP contribution is 2.07. The minimum atomic E-state index is 0.0500. The maximum Gasteiger partial charge on any atom is 0.217 e. The van der Waals surface area contributed by atoms with E-state index in [1.165, 1.54) is 11.1 Å². The third kappa shape index (κ3) is 4.15. The van der Waals surface area contributed by atoms with Gasteiger partial charge in [-0.2, -0.15) is 0 Å². The van der Waals surface area contributed by atoms with Gasteiger partial charge in [-0.15, -0.1) is 0 Å². The van der Waals surface area contributed by atoms with Crippen LogP contribution in [-0.4, -0.2) is 11.9 Å². The SMILES string of the molecule is CC[C@@H](Cc1ccc(C)cc1)NC(C)=O. The van der Waals surface area contributed by atoms with Crippen molar-refractivity contribution in [3.8, 4) is 0 Å². The van der Waals surface area contributed by atoms with Crippen molar-refractivity contribution in [2.24, 2.45) is 0 Å². The summed E-state index contributed by atoms with van der Waals surface area (Å²) in [5.41, 5.74) is 2.55. The van der Waals surface area contributed by atoms with Crippen LogP contribution < -0.4 is 5.32 Å². The zero-order valence-electron chi connectivity index (χ0n) is 9.71. The Kier molecular flexibility index (Phi) is 4.35. The second-order valence-electron chi connectivity index (χ2n) is 4.00. The highest BCUT2D eigenvalue weighted by Gasteiger charge is 2.07. The Labute approximate surface area is 91.7 Å². The maximum absolute atomic E-state index is 10.9. The van der Waals surface area contributed by atoms with Crippen molar-refractivity contribution in [1.29, 1.82) is 0 Å². The molecule has 0 heterocycles. The summed E-state index contributed by atoms with van der Waals surface area (Å²) in [5.74, 6) is 0.0500. The van der Waals surface area contributed by atoms with Crippen LogP contribution in [0.5, 0.6) is 0 Å². The number of nitrogens with one attached hydrogen (secondary N) is 1. The summed E-state index contributed by atoms with van der Waals surface area (Å²) in [4.78, 5) is 10.9. The highest BCUT2D eigenvalue weighted by atomic mass is 16.1. The second kappa shape index (κ2) is 5.54. The molecule has 0 fully saturated rings. The van der Waals surface area contributed by atoms with Gasteiger partial charge >= 0.3 is 0 Å². The molecule has 0 saturated heterocycles. The molecule has 0 radical (unpaired) electrons. The zero-order chi connectivity index (χ0) is 11.3. The number of amides is 1. The third-order valence-corrected chi connectivity index (χ3v) is 2.50. The van der Waals surface area contributed by atoms with Crippen molar-refractivity contribution in [2.75, 3.05) is 0 Å². The molecule has 0 aromatic heterocycles. The van der Waals surface area contributed by atoms with Crippen LogP contribution in [0.25, 0.3) is 0 Å². The van der Waals surface area contributed by atoms with E-state index < -0.39 is 0 Å². The average Bonchev–Trinajstić information content (AvgIpc) is 2.19. The molecule has 0 aliphatic carbocycles. The standard InChI is InChI=1S/C13H19NO/c1-4-13(14-11(3)15)9-12-7-5-10(2)6-8-12/h5-8,13H,4,9H2,1-3H3,(H,14,15)/t13-/m0/s1. The van der Waals surface area contributed by atoms with Crippen LogP contribution >= 0.6 is 0 Å². The second-order valence-corrected chi connectivity index (χ2v) is 4.00. The lowest BCUT2D eigenvalue weighted by Gasteiger charge is -2.15. The molecule has 1 rings (SSSR count). The molecule has 0 saturated carbocycles. The number of aryl methyl sites for hydroxylation is 1. The molecule has 0 aliphatic heterocycles. The van der Waals surface area contributed by atoms with E-state index in [9.17, 15) is 4.79 Å². The first-order chi connectivity index (χ1) is 7.11. The van der Waals surface area contributed by atoms with Gasteiger partial charge in [-0.3, -0.25) is 4.79 Å². The van der Waals surface area contributed by atoms with Crippen molar-refractivity contribution in [3.05, 3.63) is 35.4 Å². The van der Waals surface area contributed by atoms with Gasteiger partial charge in [-0.25, -0.2) is 0 Å². The number of rotatable bonds is 4. The molecule has 1 N–H and O–H groups in total. The molecule has 82 valence electrons. The van der Waals surface area contributed by atoms with Crippen LogP contribution in [0, 0.1) is 6.92 Å². The Hall–Kier alpha value is -1.31.